The lowest BCUT2D eigenvalue weighted by Crippen LogP contribution is -2.43. The van der Waals surface area contributed by atoms with Crippen LogP contribution in [0.3, 0.4) is 0 Å². The van der Waals surface area contributed by atoms with Gasteiger partial charge in [-0.15, -0.1) is 0 Å². The predicted octanol–water partition coefficient (Wildman–Crippen LogP) is 2.77. The second kappa shape index (κ2) is 6.67. The van der Waals surface area contributed by atoms with E-state index in [4.69, 9.17) is 22.1 Å². The van der Waals surface area contributed by atoms with Crippen LogP contribution in [0.4, 0.5) is 16.2 Å². The van der Waals surface area contributed by atoms with Crippen molar-refractivity contribution in [1.29, 1.82) is 0 Å². The van der Waals surface area contributed by atoms with E-state index in [0.717, 1.165) is 0 Å². The zero-order valence-electron chi connectivity index (χ0n) is 12.5. The zero-order valence-corrected chi connectivity index (χ0v) is 13.2. The van der Waals surface area contributed by atoms with Crippen molar-refractivity contribution in [2.75, 3.05) is 11.1 Å². The van der Waals surface area contributed by atoms with Crippen LogP contribution in [0, 0.1) is 0 Å². The van der Waals surface area contributed by atoms with Crippen LogP contribution in [0.15, 0.2) is 18.2 Å². The number of halogens is 1. The summed E-state index contributed by atoms with van der Waals surface area (Å²) in [6.45, 7) is 6.75. The van der Waals surface area contributed by atoms with E-state index in [1.165, 1.54) is 0 Å². The molecule has 0 aliphatic heterocycles. The number of nitrogens with one attached hydrogen (secondary N) is 2. The largest absolute Gasteiger partial charge is 0.444 e. The number of nitrogen functional groups attached to an aromatic ring is 1. The van der Waals surface area contributed by atoms with E-state index in [1.807, 2.05) is 0 Å². The molecule has 0 unspecified atom stereocenters. The first kappa shape index (κ1) is 17.1. The minimum atomic E-state index is -0.787. The lowest BCUT2D eigenvalue weighted by molar-refractivity contribution is -0.121. The fourth-order valence-corrected chi connectivity index (χ4v) is 1.66. The van der Waals surface area contributed by atoms with Crippen LogP contribution < -0.4 is 16.4 Å². The first-order valence-corrected chi connectivity index (χ1v) is 6.81. The SMILES string of the molecule is C[C@H](Nc1ccc(Cl)cc1N)C(=O)NC(=O)OC(C)(C)C. The van der Waals surface area contributed by atoms with Crippen molar-refractivity contribution >= 4 is 35.0 Å². The molecule has 1 atom stereocenters. The Morgan fingerprint density at radius 3 is 2.48 bits per heavy atom. The van der Waals surface area contributed by atoms with Gasteiger partial charge in [0.25, 0.3) is 5.91 Å². The summed E-state index contributed by atoms with van der Waals surface area (Å²) >= 11 is 5.80. The van der Waals surface area contributed by atoms with Gasteiger partial charge in [-0.25, -0.2) is 4.79 Å². The molecule has 0 saturated carbocycles. The molecule has 116 valence electrons. The molecule has 6 nitrogen and oxygen atoms in total. The van der Waals surface area contributed by atoms with Gasteiger partial charge in [0.2, 0.25) is 0 Å². The fraction of sp³-hybridized carbons (Fsp3) is 0.429. The number of hydrogen-bond acceptors (Lipinski definition) is 5. The fourth-order valence-electron chi connectivity index (χ4n) is 1.48. The molecule has 21 heavy (non-hydrogen) atoms. The minimum absolute atomic E-state index is 0.416. The molecule has 0 aliphatic carbocycles. The third kappa shape index (κ3) is 5.91. The van der Waals surface area contributed by atoms with Crippen molar-refractivity contribution in [3.05, 3.63) is 23.2 Å². The molecule has 2 amide bonds. The average molecular weight is 314 g/mol. The van der Waals surface area contributed by atoms with Crippen LogP contribution in [-0.2, 0) is 9.53 Å². The summed E-state index contributed by atoms with van der Waals surface area (Å²) in [5.74, 6) is -0.515. The Morgan fingerprint density at radius 2 is 1.95 bits per heavy atom. The molecule has 1 aromatic rings. The molecule has 0 heterocycles. The quantitative estimate of drug-likeness (QED) is 0.746. The number of anilines is 2. The standard InChI is InChI=1S/C14H20ClN3O3/c1-8(12(19)18-13(20)21-14(2,3)4)17-11-6-5-9(15)7-10(11)16/h5-8,17H,16H2,1-4H3,(H,18,19,20)/t8-/m0/s1. The number of hydrogen-bond donors (Lipinski definition) is 3. The first-order chi connectivity index (χ1) is 9.58. The summed E-state index contributed by atoms with van der Waals surface area (Å²) in [6, 6.07) is 4.22. The second-order valence-electron chi connectivity index (χ2n) is 5.59. The van der Waals surface area contributed by atoms with Crippen LogP contribution in [-0.4, -0.2) is 23.6 Å². The number of benzene rings is 1. The Balaban J connectivity index is 2.61. The molecule has 0 bridgehead atoms. The van der Waals surface area contributed by atoms with E-state index in [1.54, 1.807) is 45.9 Å². The molecule has 1 aromatic carbocycles. The number of rotatable bonds is 3. The maximum atomic E-state index is 11.9. The van der Waals surface area contributed by atoms with Gasteiger partial charge in [-0.2, -0.15) is 0 Å². The topological polar surface area (TPSA) is 93.5 Å². The number of alkyl carbamates (subject to hydrolysis) is 1. The molecular weight excluding hydrogens is 294 g/mol. The van der Waals surface area contributed by atoms with Crippen LogP contribution in [0.2, 0.25) is 5.02 Å². The summed E-state index contributed by atoms with van der Waals surface area (Å²) < 4.78 is 5.01. The highest BCUT2D eigenvalue weighted by Crippen LogP contribution is 2.23. The van der Waals surface area contributed by atoms with E-state index in [9.17, 15) is 9.59 Å². The molecule has 0 aromatic heterocycles. The van der Waals surface area contributed by atoms with Crippen molar-refractivity contribution < 1.29 is 14.3 Å². The highest BCUT2D eigenvalue weighted by Gasteiger charge is 2.21. The Morgan fingerprint density at radius 1 is 1.33 bits per heavy atom. The average Bonchev–Trinajstić information content (AvgIpc) is 2.29. The number of imide groups is 1. The summed E-state index contributed by atoms with van der Waals surface area (Å²) in [6.07, 6.45) is -0.787. The molecule has 4 N–H and O–H groups in total. The highest BCUT2D eigenvalue weighted by atomic mass is 35.5. The number of carbonyl (C=O) groups excluding carboxylic acids is 2. The Hall–Kier alpha value is -1.95. The lowest BCUT2D eigenvalue weighted by atomic mass is 10.2. The van der Waals surface area contributed by atoms with E-state index in [2.05, 4.69) is 10.6 Å². The number of nitrogens with two attached hydrogens (primary N) is 1. The molecule has 0 fully saturated rings. The second-order valence-corrected chi connectivity index (χ2v) is 6.03. The van der Waals surface area contributed by atoms with Gasteiger partial charge in [0.15, 0.2) is 0 Å². The van der Waals surface area contributed by atoms with Crippen molar-refractivity contribution in [2.45, 2.75) is 39.3 Å². The lowest BCUT2D eigenvalue weighted by Gasteiger charge is -2.21. The predicted molar refractivity (Wildman–Crippen MR) is 83.3 cm³/mol. The van der Waals surface area contributed by atoms with Crippen LogP contribution in [0.5, 0.6) is 0 Å². The van der Waals surface area contributed by atoms with Crippen LogP contribution >= 0.6 is 11.6 Å². The molecule has 1 rings (SSSR count). The van der Waals surface area contributed by atoms with Crippen molar-refractivity contribution in [1.82, 2.24) is 5.32 Å². The maximum absolute atomic E-state index is 11.9. The van der Waals surface area contributed by atoms with Gasteiger partial charge in [-0.05, 0) is 45.9 Å². The van der Waals surface area contributed by atoms with E-state index in [-0.39, 0.29) is 0 Å². The molecule has 0 saturated heterocycles. The van der Waals surface area contributed by atoms with Crippen molar-refractivity contribution in [3.63, 3.8) is 0 Å². The van der Waals surface area contributed by atoms with Gasteiger partial charge in [0.05, 0.1) is 11.4 Å². The Labute approximate surface area is 129 Å². The van der Waals surface area contributed by atoms with Crippen LogP contribution in [0.25, 0.3) is 0 Å². The monoisotopic (exact) mass is 313 g/mol. The Kier molecular flexibility index (Phi) is 5.43. The van der Waals surface area contributed by atoms with Crippen molar-refractivity contribution in [2.24, 2.45) is 0 Å². The summed E-state index contributed by atoms with van der Waals surface area (Å²) in [5, 5.41) is 5.56. The third-order valence-corrected chi connectivity index (χ3v) is 2.64. The normalized spacial score (nSPS) is 12.4. The van der Waals surface area contributed by atoms with Gasteiger partial charge in [-0.1, -0.05) is 11.6 Å². The number of carbonyl (C=O) groups is 2. The summed E-state index contributed by atoms with van der Waals surface area (Å²) in [7, 11) is 0. The summed E-state index contributed by atoms with van der Waals surface area (Å²) in [5.41, 5.74) is 6.10. The van der Waals surface area contributed by atoms with E-state index < -0.39 is 23.6 Å². The van der Waals surface area contributed by atoms with Gasteiger partial charge in [0.1, 0.15) is 11.6 Å². The smallest absolute Gasteiger partial charge is 0.414 e. The van der Waals surface area contributed by atoms with Gasteiger partial charge in [0, 0.05) is 5.02 Å². The minimum Gasteiger partial charge on any atom is -0.444 e. The van der Waals surface area contributed by atoms with Gasteiger partial charge < -0.3 is 15.8 Å². The highest BCUT2D eigenvalue weighted by molar-refractivity contribution is 6.31. The molecule has 0 radical (unpaired) electrons. The summed E-state index contributed by atoms with van der Waals surface area (Å²) in [4.78, 5) is 23.4. The van der Waals surface area contributed by atoms with Crippen LogP contribution in [0.1, 0.15) is 27.7 Å². The molecule has 0 aliphatic rings. The molecular formula is C14H20ClN3O3. The Bertz CT molecular complexity index is 541. The van der Waals surface area contributed by atoms with Gasteiger partial charge >= 0.3 is 6.09 Å². The zero-order chi connectivity index (χ0) is 16.2. The van der Waals surface area contributed by atoms with E-state index in [0.29, 0.717) is 16.4 Å². The molecule has 7 heteroatoms. The van der Waals surface area contributed by atoms with Gasteiger partial charge in [-0.3, -0.25) is 10.1 Å². The van der Waals surface area contributed by atoms with E-state index >= 15 is 0 Å². The van der Waals surface area contributed by atoms with Crippen molar-refractivity contribution in [3.8, 4) is 0 Å². The number of amides is 2. The third-order valence-electron chi connectivity index (χ3n) is 2.40. The first-order valence-electron chi connectivity index (χ1n) is 6.44. The number of ether oxygens (including phenoxy) is 1. The molecule has 0 spiro atoms. The maximum Gasteiger partial charge on any atom is 0.414 e.